The van der Waals surface area contributed by atoms with Crippen molar-refractivity contribution in [3.8, 4) is 0 Å². The molecule has 0 aliphatic rings. The Labute approximate surface area is 117 Å². The molecule has 0 fully saturated rings. The molecule has 0 atom stereocenters. The van der Waals surface area contributed by atoms with Crippen molar-refractivity contribution in [3.05, 3.63) is 38.5 Å². The zero-order valence-electron chi connectivity index (χ0n) is 11.0. The van der Waals surface area contributed by atoms with Gasteiger partial charge in [-0.05, 0) is 67.5 Å². The molecule has 3 heteroatoms. The third-order valence-corrected chi connectivity index (χ3v) is 3.63. The molecule has 0 radical (unpaired) electrons. The summed E-state index contributed by atoms with van der Waals surface area (Å²) in [7, 11) is 1.83. The van der Waals surface area contributed by atoms with Crippen LogP contribution in [0, 0.1) is 17.4 Å². The molecule has 0 heterocycles. The average molecular weight is 343 g/mol. The third kappa shape index (κ3) is 3.09. The van der Waals surface area contributed by atoms with Gasteiger partial charge >= 0.3 is 0 Å². The van der Waals surface area contributed by atoms with Crippen LogP contribution < -0.4 is 4.90 Å². The van der Waals surface area contributed by atoms with E-state index in [0.717, 1.165) is 20.4 Å². The number of halogens is 1. The Morgan fingerprint density at radius 3 is 2.41 bits per heavy atom. The molecule has 17 heavy (non-hydrogen) atoms. The second-order valence-corrected chi connectivity index (χ2v) is 5.41. The van der Waals surface area contributed by atoms with E-state index in [9.17, 15) is 4.79 Å². The molecule has 0 unspecified atom stereocenters. The first-order valence-electron chi connectivity index (χ1n) is 5.56. The van der Waals surface area contributed by atoms with Crippen molar-refractivity contribution >= 4 is 34.2 Å². The maximum Gasteiger partial charge on any atom is 0.253 e. The summed E-state index contributed by atoms with van der Waals surface area (Å²) in [5.41, 5.74) is 4.12. The van der Waals surface area contributed by atoms with Crippen molar-refractivity contribution in [2.75, 3.05) is 11.9 Å². The van der Waals surface area contributed by atoms with Crippen molar-refractivity contribution in [1.82, 2.24) is 0 Å². The lowest BCUT2D eigenvalue weighted by molar-refractivity contribution is -0.114. The molecule has 1 rings (SSSR count). The van der Waals surface area contributed by atoms with Gasteiger partial charge in [-0.3, -0.25) is 4.79 Å². The van der Waals surface area contributed by atoms with E-state index in [4.69, 9.17) is 0 Å². The molecule has 1 amide bonds. The molecule has 2 nitrogen and oxygen atoms in total. The van der Waals surface area contributed by atoms with Gasteiger partial charge < -0.3 is 4.90 Å². The van der Waals surface area contributed by atoms with Crippen molar-refractivity contribution in [2.45, 2.75) is 27.7 Å². The number of carbonyl (C=O) groups is 1. The van der Waals surface area contributed by atoms with Crippen LogP contribution in [0.5, 0.6) is 0 Å². The van der Waals surface area contributed by atoms with E-state index < -0.39 is 0 Å². The number of nitrogens with zero attached hydrogens (tertiary/aromatic N) is 1. The summed E-state index contributed by atoms with van der Waals surface area (Å²) in [5.74, 6) is 0.0531. The monoisotopic (exact) mass is 343 g/mol. The van der Waals surface area contributed by atoms with Crippen LogP contribution in [0.4, 0.5) is 5.69 Å². The van der Waals surface area contributed by atoms with Gasteiger partial charge in [-0.15, -0.1) is 0 Å². The summed E-state index contributed by atoms with van der Waals surface area (Å²) in [5, 5.41) is 0. The Hall–Kier alpha value is -0.840. The zero-order valence-corrected chi connectivity index (χ0v) is 13.1. The van der Waals surface area contributed by atoms with E-state index in [2.05, 4.69) is 41.6 Å². The minimum Gasteiger partial charge on any atom is -0.310 e. The molecule has 0 aliphatic heterocycles. The topological polar surface area (TPSA) is 20.3 Å². The van der Waals surface area contributed by atoms with Crippen LogP contribution in [0.1, 0.15) is 25.0 Å². The predicted molar refractivity (Wildman–Crippen MR) is 81.5 cm³/mol. The van der Waals surface area contributed by atoms with Gasteiger partial charge in [-0.2, -0.15) is 0 Å². The number of hydrogen-bond acceptors (Lipinski definition) is 1. The van der Waals surface area contributed by atoms with Crippen LogP contribution in [-0.4, -0.2) is 13.0 Å². The molecule has 0 saturated carbocycles. The lowest BCUT2D eigenvalue weighted by Crippen LogP contribution is -2.28. The van der Waals surface area contributed by atoms with Crippen LogP contribution in [0.25, 0.3) is 0 Å². The number of aryl methyl sites for hydroxylation is 2. The van der Waals surface area contributed by atoms with E-state index in [1.54, 1.807) is 4.90 Å². The molecule has 0 spiro atoms. The molecular formula is C14H18INO. The highest BCUT2D eigenvalue weighted by Crippen LogP contribution is 2.28. The number of likely N-dealkylation sites (N-methyl/N-ethyl adjacent to an activating group) is 1. The molecule has 0 N–H and O–H groups in total. The zero-order chi connectivity index (χ0) is 13.2. The summed E-state index contributed by atoms with van der Waals surface area (Å²) in [4.78, 5) is 13.8. The van der Waals surface area contributed by atoms with E-state index in [1.807, 2.05) is 33.9 Å². The number of hydrogen-bond donors (Lipinski definition) is 0. The second kappa shape index (κ2) is 5.67. The second-order valence-electron chi connectivity index (χ2n) is 4.25. The number of benzene rings is 1. The summed E-state index contributed by atoms with van der Waals surface area (Å²) in [6, 6.07) is 4.20. The van der Waals surface area contributed by atoms with Gasteiger partial charge in [0.2, 0.25) is 0 Å². The number of rotatable bonds is 2. The summed E-state index contributed by atoms with van der Waals surface area (Å²) >= 11 is 2.28. The standard InChI is InChI=1S/C14H18INO/c1-6-10(3)14(17)16(5)13-11(4)7-9(2)8-12(13)15/h6-8H,1-5H3/b10-6+. The lowest BCUT2D eigenvalue weighted by Gasteiger charge is -2.22. The summed E-state index contributed by atoms with van der Waals surface area (Å²) in [6.07, 6.45) is 1.84. The van der Waals surface area contributed by atoms with Crippen LogP contribution >= 0.6 is 22.6 Å². The van der Waals surface area contributed by atoms with Crippen molar-refractivity contribution in [3.63, 3.8) is 0 Å². The number of anilines is 1. The van der Waals surface area contributed by atoms with Crippen LogP contribution in [0.2, 0.25) is 0 Å². The Bertz CT molecular complexity index is 454. The first kappa shape index (κ1) is 14.2. The molecule has 0 aliphatic carbocycles. The molecule has 1 aromatic carbocycles. The smallest absolute Gasteiger partial charge is 0.253 e. The van der Waals surface area contributed by atoms with Gasteiger partial charge in [-0.25, -0.2) is 0 Å². The van der Waals surface area contributed by atoms with Gasteiger partial charge in [0.05, 0.1) is 5.69 Å². The Kier molecular flexibility index (Phi) is 4.74. The van der Waals surface area contributed by atoms with Crippen molar-refractivity contribution in [2.24, 2.45) is 0 Å². The molecule has 92 valence electrons. The van der Waals surface area contributed by atoms with Gasteiger partial charge in [0.1, 0.15) is 0 Å². The Balaban J connectivity index is 3.22. The third-order valence-electron chi connectivity index (χ3n) is 2.81. The maximum absolute atomic E-state index is 12.1. The first-order valence-corrected chi connectivity index (χ1v) is 6.64. The van der Waals surface area contributed by atoms with E-state index in [1.165, 1.54) is 5.56 Å². The molecule has 0 saturated heterocycles. The maximum atomic E-state index is 12.1. The minimum atomic E-state index is 0.0531. The van der Waals surface area contributed by atoms with Crippen LogP contribution in [0.15, 0.2) is 23.8 Å². The minimum absolute atomic E-state index is 0.0531. The summed E-state index contributed by atoms with van der Waals surface area (Å²) in [6.45, 7) is 7.83. The normalized spacial score (nSPS) is 11.5. The van der Waals surface area contributed by atoms with E-state index in [0.29, 0.717) is 0 Å². The Morgan fingerprint density at radius 1 is 1.35 bits per heavy atom. The van der Waals surface area contributed by atoms with E-state index >= 15 is 0 Å². The number of carbonyl (C=O) groups excluding carboxylic acids is 1. The molecular weight excluding hydrogens is 325 g/mol. The highest BCUT2D eigenvalue weighted by Gasteiger charge is 2.17. The fraction of sp³-hybridized carbons (Fsp3) is 0.357. The first-order chi connectivity index (χ1) is 7.88. The average Bonchev–Trinajstić information content (AvgIpc) is 2.25. The number of allylic oxidation sites excluding steroid dienone is 1. The van der Waals surface area contributed by atoms with Crippen LogP contribution in [-0.2, 0) is 4.79 Å². The van der Waals surface area contributed by atoms with Gasteiger partial charge in [-0.1, -0.05) is 12.1 Å². The lowest BCUT2D eigenvalue weighted by atomic mass is 10.1. The SMILES string of the molecule is C/C=C(\C)C(=O)N(C)c1c(C)cc(C)cc1I. The van der Waals surface area contributed by atoms with Gasteiger partial charge in [0.25, 0.3) is 5.91 Å². The predicted octanol–water partition coefficient (Wildman–Crippen LogP) is 3.84. The van der Waals surface area contributed by atoms with E-state index in [-0.39, 0.29) is 5.91 Å². The van der Waals surface area contributed by atoms with Gasteiger partial charge in [0.15, 0.2) is 0 Å². The molecule has 1 aromatic rings. The fourth-order valence-corrected chi connectivity index (χ4v) is 3.10. The highest BCUT2D eigenvalue weighted by molar-refractivity contribution is 14.1. The number of amides is 1. The van der Waals surface area contributed by atoms with Crippen molar-refractivity contribution in [1.29, 1.82) is 0 Å². The molecule has 0 bridgehead atoms. The highest BCUT2D eigenvalue weighted by atomic mass is 127. The van der Waals surface area contributed by atoms with Crippen LogP contribution in [0.3, 0.4) is 0 Å². The largest absolute Gasteiger partial charge is 0.310 e. The summed E-state index contributed by atoms with van der Waals surface area (Å²) < 4.78 is 1.11. The van der Waals surface area contributed by atoms with Crippen molar-refractivity contribution < 1.29 is 4.79 Å². The fourth-order valence-electron chi connectivity index (χ4n) is 1.82. The van der Waals surface area contributed by atoms with Gasteiger partial charge in [0, 0.05) is 16.2 Å². The Morgan fingerprint density at radius 2 is 1.94 bits per heavy atom. The molecule has 0 aromatic heterocycles. The quantitative estimate of drug-likeness (QED) is 0.590.